The summed E-state index contributed by atoms with van der Waals surface area (Å²) in [4.78, 5) is 16.5. The molecular formula is C35H26Cl2F5N3O4. The van der Waals surface area contributed by atoms with Crippen LogP contribution in [0.5, 0.6) is 0 Å². The normalized spacial score (nSPS) is 17.7. The van der Waals surface area contributed by atoms with Crippen molar-refractivity contribution >= 4 is 29.1 Å². The number of carbonyl (C=O) groups excluding carboxylic acids is 1. The van der Waals surface area contributed by atoms with Gasteiger partial charge < -0.3 is 24.5 Å². The van der Waals surface area contributed by atoms with Crippen LogP contribution < -0.4 is 5.32 Å². The fourth-order valence-electron chi connectivity index (χ4n) is 5.52. The van der Waals surface area contributed by atoms with Gasteiger partial charge in [0.25, 0.3) is 5.91 Å². The van der Waals surface area contributed by atoms with Crippen molar-refractivity contribution in [2.75, 3.05) is 0 Å². The molecule has 1 aliphatic rings. The molecule has 0 unspecified atom stereocenters. The Balaban J connectivity index is 1.22. The third-order valence-corrected chi connectivity index (χ3v) is 8.83. The van der Waals surface area contributed by atoms with Crippen LogP contribution in [0.4, 0.5) is 22.0 Å². The predicted molar refractivity (Wildman–Crippen MR) is 170 cm³/mol. The van der Waals surface area contributed by atoms with E-state index >= 15 is 0 Å². The van der Waals surface area contributed by atoms with Crippen molar-refractivity contribution in [2.24, 2.45) is 0 Å². The van der Waals surface area contributed by atoms with E-state index in [0.717, 1.165) is 16.7 Å². The molecule has 3 atom stereocenters. The fourth-order valence-corrected chi connectivity index (χ4v) is 5.84. The van der Waals surface area contributed by atoms with E-state index in [0.29, 0.717) is 29.7 Å². The molecule has 0 spiro atoms. The number of rotatable bonds is 9. The monoisotopic (exact) mass is 717 g/mol. The van der Waals surface area contributed by atoms with Crippen molar-refractivity contribution in [2.45, 2.75) is 44.6 Å². The van der Waals surface area contributed by atoms with E-state index in [-0.39, 0.29) is 35.7 Å². The number of imidazole rings is 1. The maximum absolute atomic E-state index is 14.1. The predicted octanol–water partition coefficient (Wildman–Crippen LogP) is 8.22. The third kappa shape index (κ3) is 7.34. The van der Waals surface area contributed by atoms with Crippen LogP contribution in [0.2, 0.25) is 10.3 Å². The second-order valence-corrected chi connectivity index (χ2v) is 12.0. The molecule has 1 aliphatic heterocycles. The van der Waals surface area contributed by atoms with E-state index in [4.69, 9.17) is 32.7 Å². The molecule has 5 aromatic rings. The Morgan fingerprint density at radius 2 is 1.49 bits per heavy atom. The van der Waals surface area contributed by atoms with Gasteiger partial charge in [-0.05, 0) is 39.9 Å². The highest BCUT2D eigenvalue weighted by Crippen LogP contribution is 2.40. The summed E-state index contributed by atoms with van der Waals surface area (Å²) >= 11 is 12.4. The number of ether oxygens (including phenoxy) is 2. The molecule has 1 amide bonds. The summed E-state index contributed by atoms with van der Waals surface area (Å²) in [7, 11) is 0. The van der Waals surface area contributed by atoms with Crippen molar-refractivity contribution in [1.29, 1.82) is 0 Å². The van der Waals surface area contributed by atoms with Crippen molar-refractivity contribution in [1.82, 2.24) is 14.9 Å². The van der Waals surface area contributed by atoms with Crippen molar-refractivity contribution < 1.29 is 41.3 Å². The minimum absolute atomic E-state index is 0.0915. The van der Waals surface area contributed by atoms with Gasteiger partial charge in [-0.1, -0.05) is 83.9 Å². The zero-order valence-corrected chi connectivity index (χ0v) is 26.8. The first-order valence-corrected chi connectivity index (χ1v) is 15.6. The highest BCUT2D eigenvalue weighted by molar-refractivity contribution is 6.40. The zero-order chi connectivity index (χ0) is 34.8. The Bertz CT molecular complexity index is 1980. The maximum Gasteiger partial charge on any atom is 0.257 e. The molecule has 1 aromatic heterocycles. The van der Waals surface area contributed by atoms with Crippen LogP contribution in [0.15, 0.2) is 79.1 Å². The van der Waals surface area contributed by atoms with E-state index in [2.05, 4.69) is 10.3 Å². The van der Waals surface area contributed by atoms with E-state index in [1.165, 1.54) is 6.33 Å². The fraction of sp³-hybridized carbons (Fsp3) is 0.200. The maximum atomic E-state index is 14.1. The molecular weight excluding hydrogens is 692 g/mol. The van der Waals surface area contributed by atoms with Crippen LogP contribution in [0.25, 0.3) is 11.1 Å². The molecule has 4 aromatic carbocycles. The first-order chi connectivity index (χ1) is 23.5. The van der Waals surface area contributed by atoms with Crippen molar-refractivity contribution in [3.63, 3.8) is 0 Å². The van der Waals surface area contributed by atoms with Crippen molar-refractivity contribution in [3.8, 4) is 11.1 Å². The number of benzene rings is 4. The van der Waals surface area contributed by atoms with Gasteiger partial charge in [0.1, 0.15) is 10.7 Å². The Morgan fingerprint density at radius 1 is 0.837 bits per heavy atom. The molecule has 1 fully saturated rings. The van der Waals surface area contributed by atoms with Gasteiger partial charge in [0, 0.05) is 18.5 Å². The molecule has 0 radical (unpaired) electrons. The van der Waals surface area contributed by atoms with Gasteiger partial charge in [-0.3, -0.25) is 4.79 Å². The molecule has 1 saturated heterocycles. The minimum atomic E-state index is -2.35. The lowest BCUT2D eigenvalue weighted by molar-refractivity contribution is -0.252. The van der Waals surface area contributed by atoms with Crippen LogP contribution in [0.3, 0.4) is 0 Å². The molecule has 2 N–H and O–H groups in total. The minimum Gasteiger partial charge on any atom is -0.392 e. The molecule has 7 nitrogen and oxygen atoms in total. The SMILES string of the molecule is O=C(NCc1cccc(-c2cccc([C@H]3O[C@@H](Cn4cnc(Cl)c4Cl)C[C@@H](c4ccc(CO)cc4)O3)c2)c1)c1c(F)c(F)c(F)c(F)c1F. The quantitative estimate of drug-likeness (QED) is 0.0912. The van der Waals surface area contributed by atoms with Gasteiger partial charge in [0.2, 0.25) is 5.82 Å². The number of aliphatic hydroxyl groups excluding tert-OH is 1. The lowest BCUT2D eigenvalue weighted by Crippen LogP contribution is -2.32. The van der Waals surface area contributed by atoms with E-state index in [9.17, 15) is 31.9 Å². The molecule has 2 heterocycles. The van der Waals surface area contributed by atoms with Gasteiger partial charge >= 0.3 is 0 Å². The van der Waals surface area contributed by atoms with Crippen LogP contribution in [0.1, 0.15) is 51.4 Å². The number of halogens is 7. The number of carbonyl (C=O) groups is 1. The first kappa shape index (κ1) is 34.5. The summed E-state index contributed by atoms with van der Waals surface area (Å²) in [6.45, 7) is -0.00616. The number of nitrogens with one attached hydrogen (secondary N) is 1. The summed E-state index contributed by atoms with van der Waals surface area (Å²) in [5.74, 6) is -12.6. The second kappa shape index (κ2) is 14.7. The zero-order valence-electron chi connectivity index (χ0n) is 25.3. The Kier molecular flexibility index (Phi) is 10.3. The molecule has 254 valence electrons. The molecule has 0 aliphatic carbocycles. The summed E-state index contributed by atoms with van der Waals surface area (Å²) in [5.41, 5.74) is 2.72. The molecule has 14 heteroatoms. The number of nitrogens with zero attached hydrogens (tertiary/aromatic N) is 2. The summed E-state index contributed by atoms with van der Waals surface area (Å²) in [6.07, 6.45) is 0.477. The van der Waals surface area contributed by atoms with Crippen LogP contribution in [-0.4, -0.2) is 26.7 Å². The highest BCUT2D eigenvalue weighted by atomic mass is 35.5. The van der Waals surface area contributed by atoms with Gasteiger partial charge in [0.15, 0.2) is 34.7 Å². The topological polar surface area (TPSA) is 85.6 Å². The molecule has 6 rings (SSSR count). The highest BCUT2D eigenvalue weighted by Gasteiger charge is 2.33. The van der Waals surface area contributed by atoms with E-state index < -0.39 is 46.8 Å². The molecule has 49 heavy (non-hydrogen) atoms. The van der Waals surface area contributed by atoms with Crippen molar-refractivity contribution in [3.05, 3.63) is 146 Å². The van der Waals surface area contributed by atoms with Crippen LogP contribution in [-0.2, 0) is 29.2 Å². The Morgan fingerprint density at radius 3 is 2.14 bits per heavy atom. The standard InChI is InChI=1S/C35H26Cl2F5N3O4/c36-32-33(37)45(17-44-32)15-24-13-25(20-9-7-18(16-46)8-10-20)49-35(48-24)23-6-2-5-22(12-23)21-4-1-3-19(11-21)14-43-34(47)26-27(38)29(40)31(42)30(41)28(26)39/h1-12,17,24-25,35,46H,13-16H2,(H,43,47)/t24-,25+,35+/m1/s1. The van der Waals surface area contributed by atoms with Gasteiger partial charge in [-0.25, -0.2) is 26.9 Å². The van der Waals surface area contributed by atoms with Crippen LogP contribution >= 0.6 is 23.2 Å². The number of aliphatic hydroxyl groups is 1. The van der Waals surface area contributed by atoms with Gasteiger partial charge in [0.05, 0.1) is 31.7 Å². The Labute approximate surface area is 286 Å². The molecule has 0 saturated carbocycles. The third-order valence-electron chi connectivity index (χ3n) is 8.06. The smallest absolute Gasteiger partial charge is 0.257 e. The number of hydrogen-bond acceptors (Lipinski definition) is 5. The summed E-state index contributed by atoms with van der Waals surface area (Å²) < 4.78 is 83.5. The van der Waals surface area contributed by atoms with Gasteiger partial charge in [-0.2, -0.15) is 0 Å². The van der Waals surface area contributed by atoms with Crippen LogP contribution in [0, 0.1) is 29.1 Å². The number of amides is 1. The first-order valence-electron chi connectivity index (χ1n) is 14.9. The average molecular weight is 719 g/mol. The summed E-state index contributed by atoms with van der Waals surface area (Å²) in [6, 6.07) is 21.6. The number of aromatic nitrogens is 2. The summed E-state index contributed by atoms with van der Waals surface area (Å²) in [5, 5.41) is 12.2. The molecule has 0 bridgehead atoms. The van der Waals surface area contributed by atoms with E-state index in [1.807, 2.05) is 48.5 Å². The average Bonchev–Trinajstić information content (AvgIpc) is 3.44. The Hall–Kier alpha value is -4.33. The van der Waals surface area contributed by atoms with Gasteiger partial charge in [-0.15, -0.1) is 0 Å². The number of hydrogen-bond donors (Lipinski definition) is 2. The largest absolute Gasteiger partial charge is 0.392 e. The second-order valence-electron chi connectivity index (χ2n) is 11.3. The van der Waals surface area contributed by atoms with E-state index in [1.54, 1.807) is 28.8 Å². The lowest BCUT2D eigenvalue weighted by Gasteiger charge is -2.36. The lowest BCUT2D eigenvalue weighted by atomic mass is 9.98.